The Morgan fingerprint density at radius 3 is 2.00 bits per heavy atom. The third-order valence-corrected chi connectivity index (χ3v) is 3.42. The number of hydrogen-bond donors (Lipinski definition) is 2. The van der Waals surface area contributed by atoms with E-state index < -0.39 is 71.4 Å². The highest BCUT2D eigenvalue weighted by Crippen LogP contribution is 2.23. The minimum atomic E-state index is -2.44. The fourth-order valence-electron chi connectivity index (χ4n) is 1.97. The smallest absolute Gasteiger partial charge is 0.328 e. The van der Waals surface area contributed by atoms with E-state index in [2.05, 4.69) is 0 Å². The van der Waals surface area contributed by atoms with Crippen molar-refractivity contribution in [3.8, 4) is 0 Å². The van der Waals surface area contributed by atoms with E-state index in [0.29, 0.717) is 12.8 Å². The lowest BCUT2D eigenvalue weighted by Crippen LogP contribution is -2.43. The number of esters is 1. The van der Waals surface area contributed by atoms with Crippen molar-refractivity contribution in [1.82, 2.24) is 5.32 Å². The zero-order chi connectivity index (χ0) is 20.7. The maximum Gasteiger partial charge on any atom is 0.328 e. The predicted molar refractivity (Wildman–Crippen MR) is 80.2 cm³/mol. The Labute approximate surface area is 150 Å². The van der Waals surface area contributed by atoms with Crippen LogP contribution in [0.25, 0.3) is 0 Å². The van der Waals surface area contributed by atoms with E-state index in [1.807, 2.05) is 0 Å². The van der Waals surface area contributed by atoms with Gasteiger partial charge in [-0.3, -0.25) is 9.59 Å². The number of nitrogens with one attached hydrogen (secondary N) is 1. The largest absolute Gasteiger partial charge is 0.481 e. The molecular weight excluding hydrogens is 381 g/mol. The van der Waals surface area contributed by atoms with Crippen LogP contribution in [0.15, 0.2) is 0 Å². The van der Waals surface area contributed by atoms with Crippen LogP contribution in [0.3, 0.4) is 0 Å². The fourth-order valence-corrected chi connectivity index (χ4v) is 1.97. The molecule has 1 aromatic rings. The van der Waals surface area contributed by atoms with Crippen LogP contribution in [0.1, 0.15) is 43.0 Å². The van der Waals surface area contributed by atoms with Crippen molar-refractivity contribution in [2.45, 2.75) is 38.6 Å². The molecule has 0 radical (unpaired) electrons. The number of ether oxygens (including phenoxy) is 1. The van der Waals surface area contributed by atoms with Crippen molar-refractivity contribution >= 4 is 17.8 Å². The first kappa shape index (κ1) is 22.3. The van der Waals surface area contributed by atoms with E-state index in [9.17, 15) is 36.3 Å². The van der Waals surface area contributed by atoms with Crippen molar-refractivity contribution in [3.63, 3.8) is 0 Å². The molecule has 2 N–H and O–H groups in total. The summed E-state index contributed by atoms with van der Waals surface area (Å²) in [6.45, 7) is 1.73. The summed E-state index contributed by atoms with van der Waals surface area (Å²) >= 11 is 0. The number of aliphatic carboxylic acids is 1. The van der Waals surface area contributed by atoms with Gasteiger partial charge in [-0.1, -0.05) is 13.3 Å². The summed E-state index contributed by atoms with van der Waals surface area (Å²) in [6.07, 6.45) is -0.0146. The van der Waals surface area contributed by atoms with E-state index in [-0.39, 0.29) is 6.61 Å². The van der Waals surface area contributed by atoms with E-state index in [0.717, 1.165) is 0 Å². The Kier molecular flexibility index (Phi) is 8.13. The molecule has 0 saturated carbocycles. The SMILES string of the molecule is CCCCOC(=O)[C@H](CCC(=O)O)NC(=O)c1c(F)c(F)c(F)c(F)c1F. The van der Waals surface area contributed by atoms with Crippen LogP contribution in [0, 0.1) is 29.1 Å². The molecule has 0 spiro atoms. The molecule has 1 aromatic carbocycles. The monoisotopic (exact) mass is 397 g/mol. The van der Waals surface area contributed by atoms with E-state index in [1.165, 1.54) is 0 Å². The number of amides is 1. The van der Waals surface area contributed by atoms with Gasteiger partial charge in [0.15, 0.2) is 23.3 Å². The maximum atomic E-state index is 13.7. The summed E-state index contributed by atoms with van der Waals surface area (Å²) in [5.41, 5.74) is -1.78. The second-order valence-electron chi connectivity index (χ2n) is 5.42. The third-order valence-electron chi connectivity index (χ3n) is 3.42. The molecule has 0 saturated heterocycles. The molecule has 0 unspecified atom stereocenters. The van der Waals surface area contributed by atoms with E-state index in [1.54, 1.807) is 12.2 Å². The molecule has 0 aromatic heterocycles. The van der Waals surface area contributed by atoms with Gasteiger partial charge in [0, 0.05) is 6.42 Å². The number of halogens is 5. The molecule has 0 aliphatic carbocycles. The number of hydrogen-bond acceptors (Lipinski definition) is 4. The summed E-state index contributed by atoms with van der Waals surface area (Å²) in [4.78, 5) is 34.6. The van der Waals surface area contributed by atoms with Gasteiger partial charge in [0.05, 0.1) is 6.61 Å². The number of carboxylic acid groups (broad SMARTS) is 1. The molecule has 1 amide bonds. The lowest BCUT2D eigenvalue weighted by atomic mass is 10.1. The molecule has 6 nitrogen and oxygen atoms in total. The van der Waals surface area contributed by atoms with Crippen LogP contribution in [0.2, 0.25) is 0 Å². The van der Waals surface area contributed by atoms with Crippen LogP contribution in [0.5, 0.6) is 0 Å². The molecule has 27 heavy (non-hydrogen) atoms. The molecule has 150 valence electrons. The van der Waals surface area contributed by atoms with Gasteiger partial charge in [-0.25, -0.2) is 26.7 Å². The number of carbonyl (C=O) groups is 3. The topological polar surface area (TPSA) is 92.7 Å². The number of benzene rings is 1. The second kappa shape index (κ2) is 9.83. The summed E-state index contributed by atoms with van der Waals surface area (Å²) in [5.74, 6) is -16.1. The van der Waals surface area contributed by atoms with Gasteiger partial charge in [-0.2, -0.15) is 0 Å². The lowest BCUT2D eigenvalue weighted by Gasteiger charge is -2.17. The highest BCUT2D eigenvalue weighted by molar-refractivity contribution is 5.97. The van der Waals surface area contributed by atoms with Crippen LogP contribution >= 0.6 is 0 Å². The molecular formula is C16H16F5NO5. The highest BCUT2D eigenvalue weighted by Gasteiger charge is 2.32. The zero-order valence-corrected chi connectivity index (χ0v) is 14.1. The molecule has 0 heterocycles. The summed E-state index contributed by atoms with van der Waals surface area (Å²) < 4.78 is 71.6. The average Bonchev–Trinajstić information content (AvgIpc) is 2.61. The van der Waals surface area contributed by atoms with Crippen LogP contribution < -0.4 is 5.32 Å². The second-order valence-corrected chi connectivity index (χ2v) is 5.42. The molecule has 11 heteroatoms. The number of carbonyl (C=O) groups excluding carboxylic acids is 2. The van der Waals surface area contributed by atoms with Gasteiger partial charge >= 0.3 is 11.9 Å². The molecule has 0 fully saturated rings. The Balaban J connectivity index is 3.09. The normalized spacial score (nSPS) is 11.8. The minimum absolute atomic E-state index is 0.0582. The van der Waals surface area contributed by atoms with Gasteiger partial charge in [0.1, 0.15) is 11.6 Å². The molecule has 0 aliphatic rings. The summed E-state index contributed by atoms with van der Waals surface area (Å²) in [6, 6.07) is -1.65. The van der Waals surface area contributed by atoms with Crippen molar-refractivity contribution in [1.29, 1.82) is 0 Å². The van der Waals surface area contributed by atoms with Gasteiger partial charge in [0.25, 0.3) is 5.91 Å². The average molecular weight is 397 g/mol. The quantitative estimate of drug-likeness (QED) is 0.220. The Morgan fingerprint density at radius 2 is 1.52 bits per heavy atom. The Morgan fingerprint density at radius 1 is 1.00 bits per heavy atom. The standard InChI is InChI=1S/C16H16F5NO5/c1-2-3-6-27-16(26)7(4-5-8(23)24)22-15(25)9-10(17)12(19)14(21)13(20)11(9)18/h7H,2-6H2,1H3,(H,22,25)(H,23,24)/t7-/m0/s1. The van der Waals surface area contributed by atoms with Crippen molar-refractivity contribution in [3.05, 3.63) is 34.6 Å². The van der Waals surface area contributed by atoms with Crippen LogP contribution in [-0.2, 0) is 14.3 Å². The van der Waals surface area contributed by atoms with Crippen molar-refractivity contribution in [2.24, 2.45) is 0 Å². The summed E-state index contributed by atoms with van der Waals surface area (Å²) in [7, 11) is 0. The maximum absolute atomic E-state index is 13.7. The first-order valence-electron chi connectivity index (χ1n) is 7.82. The van der Waals surface area contributed by atoms with Gasteiger partial charge in [-0.05, 0) is 12.8 Å². The molecule has 0 aliphatic heterocycles. The molecule has 0 bridgehead atoms. The predicted octanol–water partition coefficient (Wildman–Crippen LogP) is 2.69. The van der Waals surface area contributed by atoms with Crippen molar-refractivity contribution < 1.29 is 46.2 Å². The van der Waals surface area contributed by atoms with Crippen LogP contribution in [0.4, 0.5) is 22.0 Å². The zero-order valence-electron chi connectivity index (χ0n) is 14.1. The number of unbranched alkanes of at least 4 members (excludes halogenated alkanes) is 1. The lowest BCUT2D eigenvalue weighted by molar-refractivity contribution is -0.146. The fraction of sp³-hybridized carbons (Fsp3) is 0.438. The van der Waals surface area contributed by atoms with Crippen molar-refractivity contribution in [2.75, 3.05) is 6.61 Å². The number of carboxylic acids is 1. The van der Waals surface area contributed by atoms with E-state index >= 15 is 0 Å². The summed E-state index contributed by atoms with van der Waals surface area (Å²) in [5, 5.41) is 10.4. The number of rotatable bonds is 9. The Bertz CT molecular complexity index is 711. The van der Waals surface area contributed by atoms with Gasteiger partial charge in [-0.15, -0.1) is 0 Å². The highest BCUT2D eigenvalue weighted by atomic mass is 19.2. The van der Waals surface area contributed by atoms with Gasteiger partial charge < -0.3 is 15.2 Å². The third kappa shape index (κ3) is 5.63. The van der Waals surface area contributed by atoms with Crippen LogP contribution in [-0.4, -0.2) is 35.6 Å². The van der Waals surface area contributed by atoms with E-state index in [4.69, 9.17) is 9.84 Å². The first-order valence-corrected chi connectivity index (χ1v) is 7.82. The Hall–Kier alpha value is -2.72. The first-order chi connectivity index (χ1) is 12.6. The minimum Gasteiger partial charge on any atom is -0.481 e. The molecule has 1 rings (SSSR count). The van der Waals surface area contributed by atoms with Gasteiger partial charge in [0.2, 0.25) is 5.82 Å². The molecule has 1 atom stereocenters.